The number of aromatic nitrogens is 1. The zero-order chi connectivity index (χ0) is 14.9. The van der Waals surface area contributed by atoms with Crippen LogP contribution in [0, 0.1) is 20.8 Å². The summed E-state index contributed by atoms with van der Waals surface area (Å²) in [6.45, 7) is 7.08. The lowest BCUT2D eigenvalue weighted by molar-refractivity contribution is -0.673. The molecule has 0 aliphatic heterocycles. The number of fused-ring (bicyclic) bond motifs is 1. The molecule has 0 unspecified atom stereocenters. The van der Waals surface area contributed by atoms with Gasteiger partial charge in [-0.2, -0.15) is 13.0 Å². The molecule has 1 heterocycles. The number of unbranched alkanes of at least 4 members (excludes halogenated alkanes) is 1. The summed E-state index contributed by atoms with van der Waals surface area (Å²) in [7, 11) is -3.84. The highest BCUT2D eigenvalue weighted by Gasteiger charge is 2.18. The van der Waals surface area contributed by atoms with E-state index in [9.17, 15) is 8.42 Å². The maximum absolute atomic E-state index is 10.7. The standard InChI is InChI=1S/C14H19NO3S2/c1-10-8-13-14(9-11(10)2)19-12(3)15(13)6-4-5-7-20(16,17)18/h8-9H,4-7H2,1-3H3/p+1. The summed E-state index contributed by atoms with van der Waals surface area (Å²) in [5.74, 6) is -0.160. The first-order valence-corrected chi connectivity index (χ1v) is 9.06. The van der Waals surface area contributed by atoms with Gasteiger partial charge in [-0.15, -0.1) is 0 Å². The summed E-state index contributed by atoms with van der Waals surface area (Å²) < 4.78 is 33.6. The minimum Gasteiger partial charge on any atom is -0.286 e. The van der Waals surface area contributed by atoms with Crippen molar-refractivity contribution in [1.82, 2.24) is 0 Å². The molecule has 1 aromatic heterocycles. The van der Waals surface area contributed by atoms with Crippen LogP contribution in [0.2, 0.25) is 0 Å². The van der Waals surface area contributed by atoms with Crippen molar-refractivity contribution in [2.45, 2.75) is 40.2 Å². The Kier molecular flexibility index (Phi) is 4.46. The van der Waals surface area contributed by atoms with Crippen molar-refractivity contribution < 1.29 is 17.5 Å². The molecule has 0 aliphatic rings. The van der Waals surface area contributed by atoms with Crippen molar-refractivity contribution in [3.63, 3.8) is 0 Å². The number of hydrogen-bond acceptors (Lipinski definition) is 3. The zero-order valence-corrected chi connectivity index (χ0v) is 13.6. The fraction of sp³-hybridized carbons (Fsp3) is 0.500. The Bertz CT molecular complexity index is 732. The van der Waals surface area contributed by atoms with Gasteiger partial charge in [-0.05, 0) is 37.5 Å². The molecule has 0 fully saturated rings. The van der Waals surface area contributed by atoms with E-state index in [4.69, 9.17) is 4.55 Å². The molecule has 0 atom stereocenters. The number of rotatable bonds is 5. The van der Waals surface area contributed by atoms with Gasteiger partial charge in [0.05, 0.1) is 5.75 Å². The second-order valence-corrected chi connectivity index (χ2v) is 7.98. The van der Waals surface area contributed by atoms with Crippen molar-refractivity contribution in [3.8, 4) is 0 Å². The molecule has 6 heteroatoms. The van der Waals surface area contributed by atoms with Crippen LogP contribution in [0.3, 0.4) is 0 Å². The third-order valence-electron chi connectivity index (χ3n) is 3.54. The molecule has 0 saturated heterocycles. The minimum atomic E-state index is -3.84. The maximum Gasteiger partial charge on any atom is 0.264 e. The van der Waals surface area contributed by atoms with Gasteiger partial charge in [0.15, 0.2) is 0 Å². The number of nitrogens with zero attached hydrogens (tertiary/aromatic N) is 1. The van der Waals surface area contributed by atoms with E-state index >= 15 is 0 Å². The molecule has 2 rings (SSSR count). The van der Waals surface area contributed by atoms with E-state index in [0.717, 1.165) is 13.0 Å². The Morgan fingerprint density at radius 3 is 2.45 bits per heavy atom. The molecule has 1 N–H and O–H groups in total. The van der Waals surface area contributed by atoms with Crippen molar-refractivity contribution in [3.05, 3.63) is 28.3 Å². The van der Waals surface area contributed by atoms with Gasteiger partial charge >= 0.3 is 0 Å². The van der Waals surface area contributed by atoms with Crippen molar-refractivity contribution in [1.29, 1.82) is 0 Å². The van der Waals surface area contributed by atoms with Crippen LogP contribution in [0.4, 0.5) is 0 Å². The first-order chi connectivity index (χ1) is 9.28. The van der Waals surface area contributed by atoms with E-state index in [1.807, 2.05) is 0 Å². The van der Waals surface area contributed by atoms with Crippen LogP contribution in [0.5, 0.6) is 0 Å². The maximum atomic E-state index is 10.7. The van der Waals surface area contributed by atoms with Crippen LogP contribution in [0.1, 0.15) is 29.0 Å². The highest BCUT2D eigenvalue weighted by atomic mass is 32.2. The summed E-state index contributed by atoms with van der Waals surface area (Å²) in [5, 5.41) is 1.22. The summed E-state index contributed by atoms with van der Waals surface area (Å²) in [6, 6.07) is 4.40. The second kappa shape index (κ2) is 5.79. The van der Waals surface area contributed by atoms with Crippen LogP contribution >= 0.6 is 11.3 Å². The topological polar surface area (TPSA) is 58.2 Å². The molecule has 0 bridgehead atoms. The zero-order valence-electron chi connectivity index (χ0n) is 12.0. The monoisotopic (exact) mass is 314 g/mol. The SMILES string of the molecule is Cc1cc2sc(C)[n+](CCCCS(=O)(=O)O)c2cc1C. The first-order valence-electron chi connectivity index (χ1n) is 6.63. The Morgan fingerprint density at radius 1 is 1.15 bits per heavy atom. The summed E-state index contributed by atoms with van der Waals surface area (Å²) in [6.07, 6.45) is 1.22. The van der Waals surface area contributed by atoms with Crippen LogP contribution in [0.15, 0.2) is 12.1 Å². The van der Waals surface area contributed by atoms with Crippen LogP contribution < -0.4 is 4.57 Å². The molecule has 2 aromatic rings. The highest BCUT2D eigenvalue weighted by Crippen LogP contribution is 2.23. The van der Waals surface area contributed by atoms with Crippen LogP contribution in [-0.2, 0) is 16.7 Å². The van der Waals surface area contributed by atoms with E-state index in [1.54, 1.807) is 11.3 Å². The van der Waals surface area contributed by atoms with Gasteiger partial charge in [-0.25, -0.2) is 0 Å². The van der Waals surface area contributed by atoms with E-state index in [0.29, 0.717) is 6.42 Å². The summed E-state index contributed by atoms with van der Waals surface area (Å²) in [4.78, 5) is 0. The van der Waals surface area contributed by atoms with Gasteiger partial charge in [0, 0.05) is 19.4 Å². The average molecular weight is 314 g/mol. The van der Waals surface area contributed by atoms with Crippen molar-refractivity contribution in [2.75, 3.05) is 5.75 Å². The molecule has 110 valence electrons. The Labute approximate surface area is 123 Å². The molecule has 0 radical (unpaired) electrons. The molecular formula is C14H20NO3S2+. The number of benzene rings is 1. The number of thiazole rings is 1. The predicted octanol–water partition coefficient (Wildman–Crippen LogP) is 2.78. The predicted molar refractivity (Wildman–Crippen MR) is 81.9 cm³/mol. The van der Waals surface area contributed by atoms with Crippen molar-refractivity contribution >= 4 is 31.7 Å². The second-order valence-electron chi connectivity index (χ2n) is 5.17. The van der Waals surface area contributed by atoms with Gasteiger partial charge in [0.2, 0.25) is 10.5 Å². The largest absolute Gasteiger partial charge is 0.286 e. The van der Waals surface area contributed by atoms with E-state index in [2.05, 4.69) is 37.5 Å². The molecular weight excluding hydrogens is 294 g/mol. The number of hydrogen-bond donors (Lipinski definition) is 1. The first kappa shape index (κ1) is 15.4. The lowest BCUT2D eigenvalue weighted by Gasteiger charge is -2.00. The van der Waals surface area contributed by atoms with Crippen molar-refractivity contribution in [2.24, 2.45) is 0 Å². The lowest BCUT2D eigenvalue weighted by atomic mass is 10.1. The van der Waals surface area contributed by atoms with E-state index in [-0.39, 0.29) is 5.75 Å². The third-order valence-corrected chi connectivity index (χ3v) is 5.41. The third kappa shape index (κ3) is 3.56. The van der Waals surface area contributed by atoms with Crippen LogP contribution in [0.25, 0.3) is 10.2 Å². The van der Waals surface area contributed by atoms with E-state index in [1.165, 1.54) is 26.4 Å². The van der Waals surface area contributed by atoms with Crippen LogP contribution in [-0.4, -0.2) is 18.7 Å². The normalized spacial score (nSPS) is 12.2. The fourth-order valence-electron chi connectivity index (χ4n) is 2.28. The minimum absolute atomic E-state index is 0.160. The molecule has 0 spiro atoms. The Balaban J connectivity index is 2.17. The molecule has 20 heavy (non-hydrogen) atoms. The lowest BCUT2D eigenvalue weighted by Crippen LogP contribution is -2.35. The van der Waals surface area contributed by atoms with Gasteiger partial charge in [-0.3, -0.25) is 4.55 Å². The highest BCUT2D eigenvalue weighted by molar-refractivity contribution is 7.85. The molecule has 1 aromatic carbocycles. The molecule has 0 amide bonds. The van der Waals surface area contributed by atoms with Gasteiger partial charge < -0.3 is 0 Å². The summed E-state index contributed by atoms with van der Waals surface area (Å²) in [5.41, 5.74) is 3.77. The summed E-state index contributed by atoms with van der Waals surface area (Å²) >= 11 is 1.76. The Morgan fingerprint density at radius 2 is 1.80 bits per heavy atom. The Hall–Kier alpha value is -0.980. The molecule has 0 saturated carbocycles. The molecule has 4 nitrogen and oxygen atoms in total. The van der Waals surface area contributed by atoms with Gasteiger partial charge in [-0.1, -0.05) is 11.3 Å². The quantitative estimate of drug-likeness (QED) is 0.524. The van der Waals surface area contributed by atoms with Gasteiger partial charge in [0.1, 0.15) is 11.2 Å². The smallest absolute Gasteiger partial charge is 0.264 e. The van der Waals surface area contributed by atoms with E-state index < -0.39 is 10.1 Å². The number of aryl methyl sites for hydroxylation is 4. The average Bonchev–Trinajstić information content (AvgIpc) is 2.60. The van der Waals surface area contributed by atoms with Gasteiger partial charge in [0.25, 0.3) is 10.1 Å². The molecule has 0 aliphatic carbocycles. The fourth-order valence-corrected chi connectivity index (χ4v) is 3.98.